The molecule has 1 amide bonds. The van der Waals surface area contributed by atoms with Gasteiger partial charge in [-0.2, -0.15) is 0 Å². The third-order valence-electron chi connectivity index (χ3n) is 7.50. The molecular weight excluding hydrogens is 507 g/mol. The summed E-state index contributed by atoms with van der Waals surface area (Å²) in [6.07, 6.45) is 1.20. The van der Waals surface area contributed by atoms with Crippen molar-refractivity contribution in [2.45, 2.75) is 24.9 Å². The van der Waals surface area contributed by atoms with Crippen molar-refractivity contribution in [1.29, 1.82) is 0 Å². The van der Waals surface area contributed by atoms with Crippen LogP contribution >= 0.6 is 0 Å². The molecule has 4 aromatic carbocycles. The SMILES string of the molecule is O=C(NC(Cc1cn(Cc2ccc(F)cc2)c2ccccc12)C(=O)O)OCC1c2ccccc2-c2ccccc21. The zero-order valence-corrected chi connectivity index (χ0v) is 21.6. The van der Waals surface area contributed by atoms with Crippen LogP contribution in [0, 0.1) is 5.82 Å². The number of fused-ring (bicyclic) bond motifs is 4. The Balaban J connectivity index is 1.17. The van der Waals surface area contributed by atoms with E-state index in [-0.39, 0.29) is 24.8 Å². The fourth-order valence-electron chi connectivity index (χ4n) is 5.61. The Morgan fingerprint density at radius 3 is 2.17 bits per heavy atom. The highest BCUT2D eigenvalue weighted by atomic mass is 19.1. The van der Waals surface area contributed by atoms with Crippen LogP contribution in [0.1, 0.15) is 28.2 Å². The molecule has 2 N–H and O–H groups in total. The first-order valence-electron chi connectivity index (χ1n) is 13.1. The maximum absolute atomic E-state index is 13.4. The number of carboxylic acid groups (broad SMARTS) is 1. The second-order valence-electron chi connectivity index (χ2n) is 9.99. The fraction of sp³-hybridized carbons (Fsp3) is 0.152. The molecule has 0 bridgehead atoms. The minimum Gasteiger partial charge on any atom is -0.480 e. The molecule has 7 heteroatoms. The third kappa shape index (κ3) is 4.94. The molecule has 200 valence electrons. The number of para-hydroxylation sites is 1. The van der Waals surface area contributed by atoms with Gasteiger partial charge in [0.05, 0.1) is 0 Å². The molecule has 40 heavy (non-hydrogen) atoms. The number of aliphatic carboxylic acids is 1. The first-order chi connectivity index (χ1) is 19.5. The number of benzene rings is 4. The van der Waals surface area contributed by atoms with E-state index < -0.39 is 18.1 Å². The molecule has 0 fully saturated rings. The largest absolute Gasteiger partial charge is 0.480 e. The van der Waals surface area contributed by atoms with Gasteiger partial charge < -0.3 is 19.7 Å². The van der Waals surface area contributed by atoms with E-state index in [1.165, 1.54) is 12.1 Å². The average Bonchev–Trinajstić information content (AvgIpc) is 3.48. The molecule has 1 aliphatic rings. The lowest BCUT2D eigenvalue weighted by Crippen LogP contribution is -2.42. The van der Waals surface area contributed by atoms with Gasteiger partial charge in [-0.25, -0.2) is 14.0 Å². The Morgan fingerprint density at radius 2 is 1.50 bits per heavy atom. The molecule has 0 radical (unpaired) electrons. The van der Waals surface area contributed by atoms with Crippen LogP contribution in [0.4, 0.5) is 9.18 Å². The minimum atomic E-state index is -1.18. The number of carbonyl (C=O) groups is 2. The molecule has 1 aromatic heterocycles. The molecule has 6 nitrogen and oxygen atoms in total. The Hall–Kier alpha value is -4.91. The minimum absolute atomic E-state index is 0.0798. The van der Waals surface area contributed by atoms with Crippen molar-refractivity contribution in [1.82, 2.24) is 9.88 Å². The first-order valence-corrected chi connectivity index (χ1v) is 13.1. The summed E-state index contributed by atoms with van der Waals surface area (Å²) in [4.78, 5) is 25.0. The quantitative estimate of drug-likeness (QED) is 0.243. The van der Waals surface area contributed by atoms with E-state index in [2.05, 4.69) is 17.4 Å². The molecule has 0 saturated carbocycles. The zero-order chi connectivity index (χ0) is 27.6. The second-order valence-corrected chi connectivity index (χ2v) is 9.99. The van der Waals surface area contributed by atoms with Gasteiger partial charge in [0.15, 0.2) is 0 Å². The van der Waals surface area contributed by atoms with Crippen LogP contribution < -0.4 is 5.32 Å². The van der Waals surface area contributed by atoms with Crippen molar-refractivity contribution in [3.8, 4) is 11.1 Å². The van der Waals surface area contributed by atoms with E-state index in [4.69, 9.17) is 4.74 Å². The van der Waals surface area contributed by atoms with Crippen molar-refractivity contribution >= 4 is 23.0 Å². The number of rotatable bonds is 8. The monoisotopic (exact) mass is 534 g/mol. The predicted molar refractivity (Wildman–Crippen MR) is 151 cm³/mol. The Bertz CT molecular complexity index is 1660. The standard InChI is InChI=1S/C33H27FN2O4/c34-23-15-13-21(14-16-23)18-36-19-22(24-7-5-6-12-31(24)36)17-30(32(37)38)35-33(39)40-20-29-27-10-3-1-8-25(27)26-9-2-4-11-28(26)29/h1-16,19,29-30H,17-18,20H2,(H,35,39)(H,37,38). The number of hydrogen-bond acceptors (Lipinski definition) is 3. The number of halogens is 1. The summed E-state index contributed by atoms with van der Waals surface area (Å²) in [7, 11) is 0. The van der Waals surface area contributed by atoms with E-state index in [1.54, 1.807) is 12.1 Å². The number of ether oxygens (including phenoxy) is 1. The summed E-state index contributed by atoms with van der Waals surface area (Å²) in [5.41, 5.74) is 7.03. The van der Waals surface area contributed by atoms with Gasteiger partial charge in [-0.1, -0.05) is 78.9 Å². The summed E-state index contributed by atoms with van der Waals surface area (Å²) < 4.78 is 21.0. The molecule has 1 unspecified atom stereocenters. The molecule has 1 heterocycles. The first kappa shape index (κ1) is 25.4. The van der Waals surface area contributed by atoms with Crippen molar-refractivity contribution in [2.75, 3.05) is 6.61 Å². The lowest BCUT2D eigenvalue weighted by molar-refractivity contribution is -0.139. The highest BCUT2D eigenvalue weighted by molar-refractivity contribution is 5.86. The number of amides is 1. The van der Waals surface area contributed by atoms with E-state index in [0.717, 1.165) is 44.3 Å². The van der Waals surface area contributed by atoms with Crippen molar-refractivity contribution in [3.05, 3.63) is 131 Å². The number of hydrogen-bond donors (Lipinski definition) is 2. The molecule has 5 aromatic rings. The summed E-state index contributed by atoms with van der Waals surface area (Å²) in [6, 6.07) is 28.9. The van der Waals surface area contributed by atoms with Gasteiger partial charge >= 0.3 is 12.1 Å². The smallest absolute Gasteiger partial charge is 0.407 e. The van der Waals surface area contributed by atoms with Crippen LogP contribution in [0.25, 0.3) is 22.0 Å². The van der Waals surface area contributed by atoms with Gasteiger partial charge in [-0.3, -0.25) is 0 Å². The predicted octanol–water partition coefficient (Wildman–Crippen LogP) is 6.36. The number of nitrogens with one attached hydrogen (secondary N) is 1. The van der Waals surface area contributed by atoms with Gasteiger partial charge in [-0.05, 0) is 51.6 Å². The van der Waals surface area contributed by atoms with E-state index in [0.29, 0.717) is 6.54 Å². The number of aromatic nitrogens is 1. The topological polar surface area (TPSA) is 80.6 Å². The molecule has 0 spiro atoms. The van der Waals surface area contributed by atoms with Gasteiger partial charge in [0.2, 0.25) is 0 Å². The van der Waals surface area contributed by atoms with Gasteiger partial charge in [0.1, 0.15) is 18.5 Å². The highest BCUT2D eigenvalue weighted by Crippen LogP contribution is 2.44. The number of carbonyl (C=O) groups excluding carboxylic acids is 1. The molecule has 0 aliphatic heterocycles. The maximum Gasteiger partial charge on any atom is 0.407 e. The van der Waals surface area contributed by atoms with Crippen molar-refractivity contribution in [3.63, 3.8) is 0 Å². The second kappa shape index (κ2) is 10.7. The number of carboxylic acids is 1. The number of nitrogens with zero attached hydrogens (tertiary/aromatic N) is 1. The van der Waals surface area contributed by atoms with Crippen LogP contribution in [0.2, 0.25) is 0 Å². The van der Waals surface area contributed by atoms with Gasteiger partial charge in [0.25, 0.3) is 0 Å². The normalized spacial score (nSPS) is 13.0. The van der Waals surface area contributed by atoms with Crippen molar-refractivity contribution < 1.29 is 23.8 Å². The van der Waals surface area contributed by atoms with Crippen LogP contribution in [-0.4, -0.2) is 34.4 Å². The molecule has 1 atom stereocenters. The highest BCUT2D eigenvalue weighted by Gasteiger charge is 2.30. The summed E-state index contributed by atoms with van der Waals surface area (Å²) >= 11 is 0. The third-order valence-corrected chi connectivity index (χ3v) is 7.50. The van der Waals surface area contributed by atoms with Crippen LogP contribution in [-0.2, 0) is 22.5 Å². The zero-order valence-electron chi connectivity index (χ0n) is 21.6. The fourth-order valence-corrected chi connectivity index (χ4v) is 5.61. The molecular formula is C33H27FN2O4. The summed E-state index contributed by atoms with van der Waals surface area (Å²) in [6.45, 7) is 0.599. The van der Waals surface area contributed by atoms with Crippen LogP contribution in [0.5, 0.6) is 0 Å². The molecule has 1 aliphatic carbocycles. The maximum atomic E-state index is 13.4. The van der Waals surface area contributed by atoms with Gasteiger partial charge in [0, 0.05) is 36.0 Å². The van der Waals surface area contributed by atoms with Crippen LogP contribution in [0.3, 0.4) is 0 Å². The summed E-state index contributed by atoms with van der Waals surface area (Å²) in [5, 5.41) is 13.4. The van der Waals surface area contributed by atoms with Crippen molar-refractivity contribution in [2.24, 2.45) is 0 Å². The van der Waals surface area contributed by atoms with Gasteiger partial charge in [-0.15, -0.1) is 0 Å². The van der Waals surface area contributed by atoms with E-state index in [9.17, 15) is 19.1 Å². The van der Waals surface area contributed by atoms with Crippen LogP contribution in [0.15, 0.2) is 103 Å². The lowest BCUT2D eigenvalue weighted by Gasteiger charge is -2.17. The Labute approximate surface area is 230 Å². The summed E-state index contributed by atoms with van der Waals surface area (Å²) in [5.74, 6) is -1.57. The molecule has 0 saturated heterocycles. The average molecular weight is 535 g/mol. The van der Waals surface area contributed by atoms with E-state index in [1.807, 2.05) is 71.4 Å². The Morgan fingerprint density at radius 1 is 0.875 bits per heavy atom. The molecule has 6 rings (SSSR count). The number of alkyl carbamates (subject to hydrolysis) is 1. The van der Waals surface area contributed by atoms with E-state index >= 15 is 0 Å². The lowest BCUT2D eigenvalue weighted by atomic mass is 9.98. The Kier molecular flexibility index (Phi) is 6.78.